The number of amides is 1. The molecule has 0 aromatic heterocycles. The molecular weight excluding hydrogens is 340 g/mol. The molecule has 0 aliphatic heterocycles. The van der Waals surface area contributed by atoms with Gasteiger partial charge in [-0.2, -0.15) is 5.10 Å². The first-order chi connectivity index (χ1) is 10.6. The van der Waals surface area contributed by atoms with Crippen LogP contribution in [-0.4, -0.2) is 11.6 Å². The SMILES string of the molecule is CCC/C(=N/NC(=O)c1ccc(Br)cc1)c1ccc(C)cc1. The normalized spacial score (nSPS) is 11.3. The Kier molecular flexibility index (Phi) is 5.90. The maximum absolute atomic E-state index is 12.1. The fraction of sp³-hybridized carbons (Fsp3) is 0.222. The van der Waals surface area contributed by atoms with Crippen molar-refractivity contribution in [3.8, 4) is 0 Å². The molecule has 0 radical (unpaired) electrons. The lowest BCUT2D eigenvalue weighted by molar-refractivity contribution is 0.0955. The molecule has 2 rings (SSSR count). The Morgan fingerprint density at radius 3 is 2.23 bits per heavy atom. The summed E-state index contributed by atoms with van der Waals surface area (Å²) in [4.78, 5) is 12.1. The molecule has 4 heteroatoms. The summed E-state index contributed by atoms with van der Waals surface area (Å²) in [7, 11) is 0. The molecule has 2 aromatic carbocycles. The van der Waals surface area contributed by atoms with E-state index >= 15 is 0 Å². The van der Waals surface area contributed by atoms with Gasteiger partial charge in [0, 0.05) is 10.0 Å². The average Bonchev–Trinajstić information content (AvgIpc) is 2.53. The van der Waals surface area contributed by atoms with Gasteiger partial charge in [-0.25, -0.2) is 5.43 Å². The molecule has 22 heavy (non-hydrogen) atoms. The number of carbonyl (C=O) groups excluding carboxylic acids is 1. The van der Waals surface area contributed by atoms with Gasteiger partial charge < -0.3 is 0 Å². The van der Waals surface area contributed by atoms with E-state index in [0.29, 0.717) is 5.56 Å². The largest absolute Gasteiger partial charge is 0.271 e. The molecule has 1 amide bonds. The van der Waals surface area contributed by atoms with Crippen LogP contribution in [-0.2, 0) is 0 Å². The van der Waals surface area contributed by atoms with Crippen molar-refractivity contribution in [2.75, 3.05) is 0 Å². The molecule has 0 fully saturated rings. The van der Waals surface area contributed by atoms with Gasteiger partial charge in [0.1, 0.15) is 0 Å². The smallest absolute Gasteiger partial charge is 0.267 e. The fourth-order valence-electron chi connectivity index (χ4n) is 2.03. The zero-order valence-electron chi connectivity index (χ0n) is 12.8. The van der Waals surface area contributed by atoms with Gasteiger partial charge in [0.25, 0.3) is 5.91 Å². The first kappa shape index (κ1) is 16.4. The van der Waals surface area contributed by atoms with Gasteiger partial charge in [-0.1, -0.05) is 59.1 Å². The second kappa shape index (κ2) is 7.90. The van der Waals surface area contributed by atoms with E-state index in [-0.39, 0.29) is 5.91 Å². The molecule has 0 heterocycles. The van der Waals surface area contributed by atoms with Gasteiger partial charge in [-0.05, 0) is 43.2 Å². The standard InChI is InChI=1S/C18H19BrN2O/c1-3-4-17(14-7-5-13(2)6-8-14)20-21-18(22)15-9-11-16(19)12-10-15/h5-12H,3-4H2,1-2H3,(H,21,22)/b20-17-. The maximum atomic E-state index is 12.1. The van der Waals surface area contributed by atoms with E-state index in [4.69, 9.17) is 0 Å². The van der Waals surface area contributed by atoms with Crippen molar-refractivity contribution in [2.24, 2.45) is 5.10 Å². The molecule has 1 N–H and O–H groups in total. The predicted molar refractivity (Wildman–Crippen MR) is 94.2 cm³/mol. The molecule has 0 atom stereocenters. The van der Waals surface area contributed by atoms with E-state index in [9.17, 15) is 4.79 Å². The van der Waals surface area contributed by atoms with Gasteiger partial charge in [-0.15, -0.1) is 0 Å². The van der Waals surface area contributed by atoms with E-state index in [1.165, 1.54) is 5.56 Å². The highest BCUT2D eigenvalue weighted by Crippen LogP contribution is 2.11. The number of hydrogen-bond donors (Lipinski definition) is 1. The Labute approximate surface area is 139 Å². The summed E-state index contributed by atoms with van der Waals surface area (Å²) < 4.78 is 0.943. The minimum absolute atomic E-state index is 0.201. The summed E-state index contributed by atoms with van der Waals surface area (Å²) >= 11 is 3.35. The number of nitrogens with one attached hydrogen (secondary N) is 1. The van der Waals surface area contributed by atoms with Crippen LogP contribution in [0, 0.1) is 6.92 Å². The number of hydrogen-bond acceptors (Lipinski definition) is 2. The van der Waals surface area contributed by atoms with Crippen LogP contribution in [0.2, 0.25) is 0 Å². The number of nitrogens with zero attached hydrogens (tertiary/aromatic N) is 1. The number of benzene rings is 2. The highest BCUT2D eigenvalue weighted by Gasteiger charge is 2.06. The van der Waals surface area contributed by atoms with Crippen molar-refractivity contribution in [1.82, 2.24) is 5.43 Å². The monoisotopic (exact) mass is 358 g/mol. The minimum atomic E-state index is -0.201. The Bertz CT molecular complexity index is 660. The third-order valence-electron chi connectivity index (χ3n) is 3.27. The van der Waals surface area contributed by atoms with Crippen molar-refractivity contribution in [3.05, 3.63) is 69.7 Å². The van der Waals surface area contributed by atoms with Crippen molar-refractivity contribution in [3.63, 3.8) is 0 Å². The van der Waals surface area contributed by atoms with E-state index in [1.807, 2.05) is 24.3 Å². The van der Waals surface area contributed by atoms with Crippen LogP contribution in [0.5, 0.6) is 0 Å². The summed E-state index contributed by atoms with van der Waals surface area (Å²) in [5.41, 5.74) is 6.39. The van der Waals surface area contributed by atoms with E-state index in [1.54, 1.807) is 12.1 Å². The average molecular weight is 359 g/mol. The van der Waals surface area contributed by atoms with Crippen molar-refractivity contribution >= 4 is 27.5 Å². The zero-order valence-corrected chi connectivity index (χ0v) is 14.4. The third-order valence-corrected chi connectivity index (χ3v) is 3.80. The molecule has 0 saturated heterocycles. The molecular formula is C18H19BrN2O. The molecule has 2 aromatic rings. The summed E-state index contributed by atoms with van der Waals surface area (Å²) in [5.74, 6) is -0.201. The van der Waals surface area contributed by atoms with E-state index in [2.05, 4.69) is 52.4 Å². The first-order valence-corrected chi connectivity index (χ1v) is 8.09. The Hall–Kier alpha value is -1.94. The quantitative estimate of drug-likeness (QED) is 0.611. The van der Waals surface area contributed by atoms with Crippen LogP contribution in [0.1, 0.15) is 41.3 Å². The van der Waals surface area contributed by atoms with Crippen LogP contribution in [0.3, 0.4) is 0 Å². The molecule has 0 spiro atoms. The first-order valence-electron chi connectivity index (χ1n) is 7.29. The summed E-state index contributed by atoms with van der Waals surface area (Å²) in [6, 6.07) is 15.4. The zero-order chi connectivity index (χ0) is 15.9. The molecule has 0 unspecified atom stereocenters. The topological polar surface area (TPSA) is 41.5 Å². The van der Waals surface area contributed by atoms with Crippen LogP contribution in [0.25, 0.3) is 0 Å². The lowest BCUT2D eigenvalue weighted by Crippen LogP contribution is -2.20. The highest BCUT2D eigenvalue weighted by atomic mass is 79.9. The highest BCUT2D eigenvalue weighted by molar-refractivity contribution is 9.10. The van der Waals surface area contributed by atoms with Crippen LogP contribution < -0.4 is 5.43 Å². The minimum Gasteiger partial charge on any atom is -0.267 e. The summed E-state index contributed by atoms with van der Waals surface area (Å²) in [5, 5.41) is 4.32. The van der Waals surface area contributed by atoms with E-state index < -0.39 is 0 Å². The Morgan fingerprint density at radius 2 is 1.64 bits per heavy atom. The number of halogens is 1. The second-order valence-electron chi connectivity index (χ2n) is 5.12. The summed E-state index contributed by atoms with van der Waals surface area (Å²) in [6.45, 7) is 4.15. The number of hydrazone groups is 1. The lowest BCUT2D eigenvalue weighted by atomic mass is 10.0. The second-order valence-corrected chi connectivity index (χ2v) is 6.04. The van der Waals surface area contributed by atoms with Crippen molar-refractivity contribution < 1.29 is 4.79 Å². The number of rotatable bonds is 5. The number of aryl methyl sites for hydroxylation is 1. The third kappa shape index (κ3) is 4.53. The Morgan fingerprint density at radius 1 is 1.05 bits per heavy atom. The van der Waals surface area contributed by atoms with E-state index in [0.717, 1.165) is 28.6 Å². The molecule has 0 bridgehead atoms. The molecule has 0 aliphatic rings. The molecule has 3 nitrogen and oxygen atoms in total. The molecule has 0 aliphatic carbocycles. The van der Waals surface area contributed by atoms with Gasteiger partial charge in [0.15, 0.2) is 0 Å². The van der Waals surface area contributed by atoms with Crippen LogP contribution in [0.4, 0.5) is 0 Å². The van der Waals surface area contributed by atoms with Gasteiger partial charge in [0.2, 0.25) is 0 Å². The van der Waals surface area contributed by atoms with Gasteiger partial charge in [0.05, 0.1) is 5.71 Å². The maximum Gasteiger partial charge on any atom is 0.271 e. The van der Waals surface area contributed by atoms with Crippen LogP contribution in [0.15, 0.2) is 58.1 Å². The number of carbonyl (C=O) groups is 1. The fourth-order valence-corrected chi connectivity index (χ4v) is 2.30. The predicted octanol–water partition coefficient (Wildman–Crippen LogP) is 4.69. The van der Waals surface area contributed by atoms with Gasteiger partial charge >= 0.3 is 0 Å². The lowest BCUT2D eigenvalue weighted by Gasteiger charge is -2.07. The van der Waals surface area contributed by atoms with Crippen LogP contribution >= 0.6 is 15.9 Å². The van der Waals surface area contributed by atoms with Crippen molar-refractivity contribution in [1.29, 1.82) is 0 Å². The van der Waals surface area contributed by atoms with Gasteiger partial charge in [-0.3, -0.25) is 4.79 Å². The molecule has 114 valence electrons. The van der Waals surface area contributed by atoms with Crippen molar-refractivity contribution in [2.45, 2.75) is 26.7 Å². The Balaban J connectivity index is 2.14. The molecule has 0 saturated carbocycles. The summed E-state index contributed by atoms with van der Waals surface area (Å²) in [6.07, 6.45) is 1.80.